The molecule has 0 amide bonds. The lowest BCUT2D eigenvalue weighted by molar-refractivity contribution is 0.443. The maximum absolute atomic E-state index is 13.1. The van der Waals surface area contributed by atoms with Crippen molar-refractivity contribution in [3.8, 4) is 0 Å². The summed E-state index contributed by atoms with van der Waals surface area (Å²) in [6, 6.07) is 2.60. The van der Waals surface area contributed by atoms with Crippen molar-refractivity contribution in [1.82, 2.24) is 8.61 Å². The third-order valence-electron chi connectivity index (χ3n) is 4.19. The maximum Gasteiger partial charge on any atom is 0.245 e. The molecule has 0 aliphatic heterocycles. The van der Waals surface area contributed by atoms with Crippen LogP contribution in [-0.2, 0) is 20.0 Å². The van der Waals surface area contributed by atoms with Crippen molar-refractivity contribution in [1.29, 1.82) is 0 Å². The predicted molar refractivity (Wildman–Crippen MR) is 112 cm³/mol. The second kappa shape index (κ2) is 9.28. The average Bonchev–Trinajstić information content (AvgIpc) is 2.57. The number of rotatable bonds is 9. The Kier molecular flexibility index (Phi) is 8.17. The zero-order valence-corrected chi connectivity index (χ0v) is 18.8. The molecular formula is C16H28N4O4S3. The normalized spacial score (nSPS) is 12.6. The molecule has 1 aromatic rings. The molecule has 0 bridgehead atoms. The van der Waals surface area contributed by atoms with E-state index in [9.17, 15) is 16.8 Å². The average molecular weight is 437 g/mol. The molecule has 1 rings (SSSR count). The number of nitrogens with zero attached hydrogens (tertiary/aromatic N) is 2. The van der Waals surface area contributed by atoms with Crippen molar-refractivity contribution in [2.45, 2.75) is 44.4 Å². The molecule has 1 aromatic carbocycles. The summed E-state index contributed by atoms with van der Waals surface area (Å²) < 4.78 is 54.6. The highest BCUT2D eigenvalue weighted by Gasteiger charge is 2.30. The van der Waals surface area contributed by atoms with E-state index in [1.165, 1.54) is 20.7 Å². The number of thiocarbonyl (C=S) groups is 1. The molecule has 0 radical (unpaired) electrons. The SMILES string of the molecule is CCN(CC)S(=O)(=O)c1cc(C)c(NC(N)=S)c(S(=O)(=O)N(CC)CC)c1. The van der Waals surface area contributed by atoms with Gasteiger partial charge in [0.05, 0.1) is 10.6 Å². The van der Waals surface area contributed by atoms with Crippen LogP contribution < -0.4 is 11.1 Å². The van der Waals surface area contributed by atoms with Gasteiger partial charge in [-0.1, -0.05) is 27.7 Å². The minimum absolute atomic E-state index is 0.0806. The fraction of sp³-hybridized carbons (Fsp3) is 0.562. The maximum atomic E-state index is 13.1. The van der Waals surface area contributed by atoms with E-state index < -0.39 is 20.0 Å². The van der Waals surface area contributed by atoms with Crippen LogP contribution in [0.25, 0.3) is 0 Å². The van der Waals surface area contributed by atoms with Gasteiger partial charge in [-0.15, -0.1) is 0 Å². The molecule has 0 spiro atoms. The van der Waals surface area contributed by atoms with Crippen molar-refractivity contribution >= 4 is 43.1 Å². The Labute approximate surface area is 167 Å². The van der Waals surface area contributed by atoms with Crippen LogP contribution >= 0.6 is 12.2 Å². The van der Waals surface area contributed by atoms with Gasteiger partial charge in [0.25, 0.3) is 0 Å². The highest BCUT2D eigenvalue weighted by atomic mass is 32.2. The number of hydrogen-bond donors (Lipinski definition) is 2. The summed E-state index contributed by atoms with van der Waals surface area (Å²) in [5.41, 5.74) is 6.15. The van der Waals surface area contributed by atoms with Crippen LogP contribution in [0.4, 0.5) is 5.69 Å². The molecule has 0 saturated heterocycles. The predicted octanol–water partition coefficient (Wildman–Crippen LogP) is 1.71. The van der Waals surface area contributed by atoms with Crippen molar-refractivity contribution < 1.29 is 16.8 Å². The number of sulfonamides is 2. The van der Waals surface area contributed by atoms with Gasteiger partial charge < -0.3 is 11.1 Å². The second-order valence-electron chi connectivity index (χ2n) is 5.78. The molecule has 0 aliphatic rings. The van der Waals surface area contributed by atoms with Crippen LogP contribution in [0.5, 0.6) is 0 Å². The lowest BCUT2D eigenvalue weighted by Crippen LogP contribution is -2.33. The lowest BCUT2D eigenvalue weighted by atomic mass is 10.2. The zero-order valence-electron chi connectivity index (χ0n) is 16.3. The van der Waals surface area contributed by atoms with Gasteiger partial charge in [-0.2, -0.15) is 8.61 Å². The van der Waals surface area contributed by atoms with Crippen molar-refractivity contribution in [2.24, 2.45) is 5.73 Å². The van der Waals surface area contributed by atoms with Crippen LogP contribution in [0.15, 0.2) is 21.9 Å². The Morgan fingerprint density at radius 1 is 0.963 bits per heavy atom. The Bertz CT molecular complexity index is 890. The minimum Gasteiger partial charge on any atom is -0.376 e. The Morgan fingerprint density at radius 2 is 1.41 bits per heavy atom. The minimum atomic E-state index is -3.95. The van der Waals surface area contributed by atoms with Gasteiger partial charge in [0.1, 0.15) is 4.90 Å². The van der Waals surface area contributed by atoms with Crippen LogP contribution in [-0.4, -0.2) is 56.7 Å². The summed E-state index contributed by atoms with van der Waals surface area (Å²) in [4.78, 5) is -0.243. The van der Waals surface area contributed by atoms with E-state index in [2.05, 4.69) is 5.32 Å². The summed E-state index contributed by atoms with van der Waals surface area (Å²) in [6.07, 6.45) is 0. The van der Waals surface area contributed by atoms with E-state index in [4.69, 9.17) is 18.0 Å². The van der Waals surface area contributed by atoms with E-state index in [1.807, 2.05) is 0 Å². The third-order valence-corrected chi connectivity index (χ3v) is 8.39. The number of anilines is 1. The Morgan fingerprint density at radius 3 is 1.81 bits per heavy atom. The number of hydrogen-bond acceptors (Lipinski definition) is 5. The molecule has 0 unspecified atom stereocenters. The molecular weight excluding hydrogens is 408 g/mol. The van der Waals surface area contributed by atoms with Gasteiger partial charge in [-0.05, 0) is 36.8 Å². The smallest absolute Gasteiger partial charge is 0.245 e. The molecule has 154 valence electrons. The van der Waals surface area contributed by atoms with Gasteiger partial charge in [-0.3, -0.25) is 0 Å². The molecule has 11 heteroatoms. The van der Waals surface area contributed by atoms with Gasteiger partial charge in [0.15, 0.2) is 5.11 Å². The molecule has 0 fully saturated rings. The number of aryl methyl sites for hydroxylation is 1. The Hall–Kier alpha value is -1.27. The molecule has 0 saturated carbocycles. The van der Waals surface area contributed by atoms with E-state index in [1.54, 1.807) is 34.6 Å². The number of nitrogens with two attached hydrogens (primary N) is 1. The zero-order chi connectivity index (χ0) is 21.0. The summed E-state index contributed by atoms with van der Waals surface area (Å²) in [5.74, 6) is 0. The van der Waals surface area contributed by atoms with Crippen molar-refractivity contribution in [3.63, 3.8) is 0 Å². The van der Waals surface area contributed by atoms with Gasteiger partial charge >= 0.3 is 0 Å². The summed E-state index contributed by atoms with van der Waals surface area (Å²) in [5, 5.41) is 2.58. The highest BCUT2D eigenvalue weighted by molar-refractivity contribution is 7.90. The first-order valence-electron chi connectivity index (χ1n) is 8.68. The van der Waals surface area contributed by atoms with Crippen LogP contribution in [0.2, 0.25) is 0 Å². The van der Waals surface area contributed by atoms with E-state index in [0.29, 0.717) is 5.56 Å². The first kappa shape index (κ1) is 23.8. The third kappa shape index (κ3) is 4.96. The fourth-order valence-electron chi connectivity index (χ4n) is 2.77. The molecule has 0 aliphatic carbocycles. The summed E-state index contributed by atoms with van der Waals surface area (Å²) in [6.45, 7) is 9.55. The van der Waals surface area contributed by atoms with Crippen molar-refractivity contribution in [3.05, 3.63) is 17.7 Å². The molecule has 0 heterocycles. The van der Waals surface area contributed by atoms with Gasteiger partial charge in [-0.25, -0.2) is 16.8 Å². The standard InChI is InChI=1S/C16H28N4O4S3/c1-6-19(7-2)26(21,22)13-10-12(5)15(18-16(17)25)14(11-13)27(23,24)20(8-3)9-4/h10-11H,6-9H2,1-5H3,(H3,17,18,25). The van der Waals surface area contributed by atoms with E-state index in [0.717, 1.165) is 0 Å². The molecule has 8 nitrogen and oxygen atoms in total. The molecule has 3 N–H and O–H groups in total. The first-order valence-corrected chi connectivity index (χ1v) is 12.0. The van der Waals surface area contributed by atoms with E-state index in [-0.39, 0.29) is 46.8 Å². The van der Waals surface area contributed by atoms with Gasteiger partial charge in [0.2, 0.25) is 20.0 Å². The monoisotopic (exact) mass is 436 g/mol. The quantitative estimate of drug-likeness (QED) is 0.567. The first-order chi connectivity index (χ1) is 12.5. The molecule has 27 heavy (non-hydrogen) atoms. The highest BCUT2D eigenvalue weighted by Crippen LogP contribution is 2.32. The summed E-state index contributed by atoms with van der Waals surface area (Å²) in [7, 11) is -7.78. The Balaban J connectivity index is 3.83. The number of benzene rings is 1. The van der Waals surface area contributed by atoms with Crippen LogP contribution in [0.1, 0.15) is 33.3 Å². The fourth-order valence-corrected chi connectivity index (χ4v) is 6.22. The number of nitrogens with one attached hydrogen (secondary N) is 1. The van der Waals surface area contributed by atoms with E-state index >= 15 is 0 Å². The van der Waals surface area contributed by atoms with Gasteiger partial charge in [0, 0.05) is 26.2 Å². The molecule has 0 aromatic heterocycles. The lowest BCUT2D eigenvalue weighted by Gasteiger charge is -2.24. The topological polar surface area (TPSA) is 113 Å². The largest absolute Gasteiger partial charge is 0.376 e. The second-order valence-corrected chi connectivity index (χ2v) is 10.1. The van der Waals surface area contributed by atoms with Crippen LogP contribution in [0, 0.1) is 6.92 Å². The molecule has 0 atom stereocenters. The summed E-state index contributed by atoms with van der Waals surface area (Å²) >= 11 is 4.86. The van der Waals surface area contributed by atoms with Crippen LogP contribution in [0.3, 0.4) is 0 Å². The van der Waals surface area contributed by atoms with Crippen molar-refractivity contribution in [2.75, 3.05) is 31.5 Å².